The van der Waals surface area contributed by atoms with Crippen LogP contribution in [0.3, 0.4) is 0 Å². The molecule has 0 radical (unpaired) electrons. The van der Waals surface area contributed by atoms with Crippen LogP contribution in [0.2, 0.25) is 0 Å². The normalized spacial score (nSPS) is 17.0. The second kappa shape index (κ2) is 12.5. The largest absolute Gasteiger partial charge is 0.357 e. The molecule has 1 unspecified atom stereocenters. The SMILES string of the molecule is CCNC(=NCC(c1cccs1)N1CCC(C)CC1)NCCc1cnn(C)c1.I. The molecule has 2 N–H and O–H groups in total. The van der Waals surface area contributed by atoms with Gasteiger partial charge in [0.1, 0.15) is 0 Å². The Balaban J connectivity index is 0.00000300. The predicted octanol–water partition coefficient (Wildman–Crippen LogP) is 3.67. The summed E-state index contributed by atoms with van der Waals surface area (Å²) in [6, 6.07) is 4.79. The van der Waals surface area contributed by atoms with Crippen molar-refractivity contribution in [3.8, 4) is 0 Å². The molecular weight excluding hydrogens is 495 g/mol. The molecule has 0 amide bonds. The number of guanidine groups is 1. The van der Waals surface area contributed by atoms with Crippen molar-refractivity contribution < 1.29 is 0 Å². The van der Waals surface area contributed by atoms with E-state index in [1.165, 1.54) is 36.4 Å². The molecule has 2 aromatic heterocycles. The summed E-state index contributed by atoms with van der Waals surface area (Å²) >= 11 is 1.85. The minimum atomic E-state index is 0. The maximum atomic E-state index is 4.94. The van der Waals surface area contributed by atoms with Gasteiger partial charge in [-0.3, -0.25) is 14.6 Å². The quantitative estimate of drug-likeness (QED) is 0.311. The van der Waals surface area contributed by atoms with Crippen molar-refractivity contribution in [3.63, 3.8) is 0 Å². The average molecular weight is 531 g/mol. The van der Waals surface area contributed by atoms with Crippen LogP contribution in [-0.4, -0.2) is 53.4 Å². The fourth-order valence-electron chi connectivity index (χ4n) is 3.65. The number of halogens is 1. The zero-order valence-corrected chi connectivity index (χ0v) is 21.0. The Kier molecular flexibility index (Phi) is 10.4. The molecule has 2 aromatic rings. The number of hydrogen-bond acceptors (Lipinski definition) is 4. The van der Waals surface area contributed by atoms with Gasteiger partial charge in [-0.1, -0.05) is 13.0 Å². The maximum Gasteiger partial charge on any atom is 0.191 e. The van der Waals surface area contributed by atoms with Crippen molar-refractivity contribution in [2.45, 2.75) is 39.2 Å². The Hall–Kier alpha value is -1.13. The summed E-state index contributed by atoms with van der Waals surface area (Å²) in [6.07, 6.45) is 7.51. The fraction of sp³-hybridized carbons (Fsp3) is 0.619. The summed E-state index contributed by atoms with van der Waals surface area (Å²) in [5.41, 5.74) is 1.24. The Morgan fingerprint density at radius 3 is 2.76 bits per heavy atom. The van der Waals surface area contributed by atoms with E-state index in [0.717, 1.165) is 37.9 Å². The lowest BCUT2D eigenvalue weighted by atomic mass is 9.97. The molecule has 1 fully saturated rings. The third-order valence-electron chi connectivity index (χ3n) is 5.36. The topological polar surface area (TPSA) is 57.5 Å². The highest BCUT2D eigenvalue weighted by atomic mass is 127. The van der Waals surface area contributed by atoms with Gasteiger partial charge < -0.3 is 10.6 Å². The van der Waals surface area contributed by atoms with E-state index in [9.17, 15) is 0 Å². The van der Waals surface area contributed by atoms with Gasteiger partial charge in [0.15, 0.2) is 5.96 Å². The van der Waals surface area contributed by atoms with Gasteiger partial charge in [0, 0.05) is 31.2 Å². The predicted molar refractivity (Wildman–Crippen MR) is 133 cm³/mol. The molecule has 0 aliphatic carbocycles. The number of rotatable bonds is 8. The van der Waals surface area contributed by atoms with Gasteiger partial charge >= 0.3 is 0 Å². The third-order valence-corrected chi connectivity index (χ3v) is 6.34. The van der Waals surface area contributed by atoms with E-state index in [4.69, 9.17) is 4.99 Å². The highest BCUT2D eigenvalue weighted by Crippen LogP contribution is 2.29. The minimum absolute atomic E-state index is 0. The number of hydrogen-bond donors (Lipinski definition) is 2. The van der Waals surface area contributed by atoms with Crippen LogP contribution in [-0.2, 0) is 13.5 Å². The molecule has 3 rings (SSSR count). The summed E-state index contributed by atoms with van der Waals surface area (Å²) in [4.78, 5) is 8.98. The molecule has 0 saturated carbocycles. The first kappa shape index (κ1) is 24.1. The lowest BCUT2D eigenvalue weighted by Gasteiger charge is -2.35. The molecule has 0 spiro atoms. The zero-order valence-electron chi connectivity index (χ0n) is 17.8. The first-order valence-electron chi connectivity index (χ1n) is 10.4. The van der Waals surface area contributed by atoms with Gasteiger partial charge in [-0.05, 0) is 62.2 Å². The van der Waals surface area contributed by atoms with Gasteiger partial charge in [-0.25, -0.2) is 0 Å². The van der Waals surface area contributed by atoms with E-state index in [-0.39, 0.29) is 24.0 Å². The minimum Gasteiger partial charge on any atom is -0.357 e. The number of nitrogens with one attached hydrogen (secondary N) is 2. The van der Waals surface area contributed by atoms with Crippen LogP contribution < -0.4 is 10.6 Å². The first-order chi connectivity index (χ1) is 13.7. The number of likely N-dealkylation sites (tertiary alicyclic amines) is 1. The fourth-order valence-corrected chi connectivity index (χ4v) is 4.50. The number of nitrogens with zero attached hydrogens (tertiary/aromatic N) is 4. The monoisotopic (exact) mass is 530 g/mol. The van der Waals surface area contributed by atoms with Gasteiger partial charge in [0.05, 0.1) is 18.8 Å². The summed E-state index contributed by atoms with van der Waals surface area (Å²) in [7, 11) is 1.95. The van der Waals surface area contributed by atoms with Crippen LogP contribution in [0.4, 0.5) is 0 Å². The van der Waals surface area contributed by atoms with E-state index in [0.29, 0.717) is 6.04 Å². The van der Waals surface area contributed by atoms with E-state index >= 15 is 0 Å². The molecule has 6 nitrogen and oxygen atoms in total. The lowest BCUT2D eigenvalue weighted by Crippen LogP contribution is -2.40. The van der Waals surface area contributed by atoms with Crippen LogP contribution in [0.25, 0.3) is 0 Å². The number of aryl methyl sites for hydroxylation is 1. The molecule has 1 atom stereocenters. The average Bonchev–Trinajstić information content (AvgIpc) is 3.35. The Morgan fingerprint density at radius 1 is 1.34 bits per heavy atom. The van der Waals surface area contributed by atoms with Crippen molar-refractivity contribution in [1.29, 1.82) is 0 Å². The summed E-state index contributed by atoms with van der Waals surface area (Å²) in [5, 5.41) is 13.3. The molecule has 162 valence electrons. The third kappa shape index (κ3) is 7.57. The molecule has 0 bridgehead atoms. The highest BCUT2D eigenvalue weighted by molar-refractivity contribution is 14.0. The molecule has 1 saturated heterocycles. The molecule has 3 heterocycles. The highest BCUT2D eigenvalue weighted by Gasteiger charge is 2.25. The van der Waals surface area contributed by atoms with E-state index in [2.05, 4.69) is 58.2 Å². The number of aromatic nitrogens is 2. The van der Waals surface area contributed by atoms with Crippen molar-refractivity contribution in [1.82, 2.24) is 25.3 Å². The summed E-state index contributed by atoms with van der Waals surface area (Å²) in [6.45, 7) is 9.32. The van der Waals surface area contributed by atoms with Crippen LogP contribution in [0.1, 0.15) is 43.2 Å². The molecule has 1 aliphatic rings. The Labute approximate surface area is 196 Å². The van der Waals surface area contributed by atoms with Gasteiger partial charge in [0.25, 0.3) is 0 Å². The molecule has 8 heteroatoms. The van der Waals surface area contributed by atoms with Crippen LogP contribution in [0.5, 0.6) is 0 Å². The second-order valence-electron chi connectivity index (χ2n) is 7.67. The number of aliphatic imine (C=N–C) groups is 1. The molecule has 0 aromatic carbocycles. The van der Waals surface area contributed by atoms with Gasteiger partial charge in [-0.15, -0.1) is 35.3 Å². The summed E-state index contributed by atoms with van der Waals surface area (Å²) in [5.74, 6) is 1.74. The van der Waals surface area contributed by atoms with E-state index < -0.39 is 0 Å². The van der Waals surface area contributed by atoms with Gasteiger partial charge in [-0.2, -0.15) is 5.10 Å². The maximum absolute atomic E-state index is 4.94. The van der Waals surface area contributed by atoms with Gasteiger partial charge in [0.2, 0.25) is 0 Å². The number of piperidine rings is 1. The zero-order chi connectivity index (χ0) is 19.8. The molecular formula is C21H35IN6S. The number of thiophene rings is 1. The van der Waals surface area contributed by atoms with Crippen LogP contribution in [0, 0.1) is 5.92 Å². The Bertz CT molecular complexity index is 721. The van der Waals surface area contributed by atoms with Crippen LogP contribution >= 0.6 is 35.3 Å². The molecule has 1 aliphatic heterocycles. The lowest BCUT2D eigenvalue weighted by molar-refractivity contribution is 0.143. The van der Waals surface area contributed by atoms with Crippen molar-refractivity contribution >= 4 is 41.3 Å². The first-order valence-corrected chi connectivity index (χ1v) is 11.3. The van der Waals surface area contributed by atoms with Crippen molar-refractivity contribution in [2.24, 2.45) is 18.0 Å². The van der Waals surface area contributed by atoms with Crippen molar-refractivity contribution in [2.75, 3.05) is 32.7 Å². The van der Waals surface area contributed by atoms with E-state index in [1.807, 2.05) is 29.3 Å². The molecule has 29 heavy (non-hydrogen) atoms. The van der Waals surface area contributed by atoms with E-state index in [1.54, 1.807) is 0 Å². The smallest absolute Gasteiger partial charge is 0.191 e. The van der Waals surface area contributed by atoms with Crippen LogP contribution in [0.15, 0.2) is 34.9 Å². The summed E-state index contributed by atoms with van der Waals surface area (Å²) < 4.78 is 1.85. The standard InChI is InChI=1S/C21H34N6S.HI/c1-4-22-21(23-10-7-18-14-25-26(3)16-18)24-15-19(20-6-5-13-28-20)27-11-8-17(2)9-12-27;/h5-6,13-14,16-17,19H,4,7-12,15H2,1-3H3,(H2,22,23,24);1H. The van der Waals surface area contributed by atoms with Crippen molar-refractivity contribution in [3.05, 3.63) is 40.3 Å². The second-order valence-corrected chi connectivity index (χ2v) is 8.65. The Morgan fingerprint density at radius 2 is 2.14 bits per heavy atom.